The van der Waals surface area contributed by atoms with E-state index in [-0.39, 0.29) is 11.5 Å². The summed E-state index contributed by atoms with van der Waals surface area (Å²) in [5.74, 6) is 0.672. The van der Waals surface area contributed by atoms with Crippen LogP contribution in [-0.4, -0.2) is 20.4 Å². The number of aromatic hydroxyl groups is 2. The Hall–Kier alpha value is -2.08. The standard InChI is InChI=1S/C12H15N3O3/c1-2-11-14-12(18-15-11)8(13)5-7-3-4-9(16)10(17)6-7/h3-4,6,8,16-17H,2,5,13H2,1H3. The summed E-state index contributed by atoms with van der Waals surface area (Å²) in [4.78, 5) is 4.15. The number of nitrogens with two attached hydrogens (primary N) is 1. The molecule has 0 bridgehead atoms. The quantitative estimate of drug-likeness (QED) is 0.705. The highest BCUT2D eigenvalue weighted by atomic mass is 16.5. The maximum atomic E-state index is 9.38. The van der Waals surface area contributed by atoms with Crippen LogP contribution in [0.3, 0.4) is 0 Å². The number of phenolic OH excluding ortho intramolecular Hbond substituents is 2. The maximum Gasteiger partial charge on any atom is 0.243 e. The topological polar surface area (TPSA) is 105 Å². The minimum atomic E-state index is -0.429. The molecule has 1 aromatic heterocycles. The molecule has 6 nitrogen and oxygen atoms in total. The zero-order valence-corrected chi connectivity index (χ0v) is 10.00. The van der Waals surface area contributed by atoms with E-state index in [9.17, 15) is 10.2 Å². The van der Waals surface area contributed by atoms with Gasteiger partial charge in [0, 0.05) is 6.42 Å². The summed E-state index contributed by atoms with van der Waals surface area (Å²) in [7, 11) is 0. The summed E-state index contributed by atoms with van der Waals surface area (Å²) < 4.78 is 5.05. The van der Waals surface area contributed by atoms with Gasteiger partial charge in [-0.2, -0.15) is 4.98 Å². The Balaban J connectivity index is 2.10. The Morgan fingerprint density at radius 1 is 1.33 bits per heavy atom. The van der Waals surface area contributed by atoms with Gasteiger partial charge in [-0.25, -0.2) is 0 Å². The molecule has 1 heterocycles. The predicted molar refractivity (Wildman–Crippen MR) is 64.1 cm³/mol. The minimum absolute atomic E-state index is 0.154. The summed E-state index contributed by atoms with van der Waals surface area (Å²) in [5.41, 5.74) is 6.73. The lowest BCUT2D eigenvalue weighted by molar-refractivity contribution is 0.350. The molecule has 2 aromatic rings. The fraction of sp³-hybridized carbons (Fsp3) is 0.333. The zero-order valence-electron chi connectivity index (χ0n) is 10.00. The van der Waals surface area contributed by atoms with Gasteiger partial charge < -0.3 is 20.5 Å². The van der Waals surface area contributed by atoms with Gasteiger partial charge in [0.15, 0.2) is 17.3 Å². The van der Waals surface area contributed by atoms with E-state index in [2.05, 4.69) is 10.1 Å². The fourth-order valence-electron chi connectivity index (χ4n) is 1.60. The zero-order chi connectivity index (χ0) is 13.1. The molecule has 1 aromatic carbocycles. The molecule has 18 heavy (non-hydrogen) atoms. The van der Waals surface area contributed by atoms with E-state index >= 15 is 0 Å². The Kier molecular flexibility index (Phi) is 3.47. The van der Waals surface area contributed by atoms with Crippen LogP contribution in [0.2, 0.25) is 0 Å². The Morgan fingerprint density at radius 3 is 2.72 bits per heavy atom. The first-order valence-electron chi connectivity index (χ1n) is 5.69. The van der Waals surface area contributed by atoms with Crippen molar-refractivity contribution >= 4 is 0 Å². The Bertz CT molecular complexity index is 539. The van der Waals surface area contributed by atoms with Crippen molar-refractivity contribution < 1.29 is 14.7 Å². The van der Waals surface area contributed by atoms with E-state index < -0.39 is 6.04 Å². The van der Waals surface area contributed by atoms with Crippen molar-refractivity contribution in [1.29, 1.82) is 0 Å². The molecule has 0 amide bonds. The van der Waals surface area contributed by atoms with Gasteiger partial charge >= 0.3 is 0 Å². The van der Waals surface area contributed by atoms with E-state index in [0.29, 0.717) is 24.6 Å². The summed E-state index contributed by atoms with van der Waals surface area (Å²) in [5, 5.41) is 22.4. The van der Waals surface area contributed by atoms with Crippen molar-refractivity contribution in [1.82, 2.24) is 10.1 Å². The summed E-state index contributed by atoms with van der Waals surface area (Å²) in [6.45, 7) is 1.93. The van der Waals surface area contributed by atoms with Gasteiger partial charge in [-0.1, -0.05) is 18.1 Å². The highest BCUT2D eigenvalue weighted by Crippen LogP contribution is 2.26. The maximum absolute atomic E-state index is 9.38. The van der Waals surface area contributed by atoms with Gasteiger partial charge in [-0.15, -0.1) is 0 Å². The molecule has 96 valence electrons. The second kappa shape index (κ2) is 5.05. The number of hydrogen-bond donors (Lipinski definition) is 3. The van der Waals surface area contributed by atoms with E-state index in [1.807, 2.05) is 6.92 Å². The monoisotopic (exact) mass is 249 g/mol. The molecule has 0 radical (unpaired) electrons. The highest BCUT2D eigenvalue weighted by molar-refractivity contribution is 5.40. The van der Waals surface area contributed by atoms with Crippen molar-refractivity contribution in [2.75, 3.05) is 0 Å². The third-order valence-electron chi connectivity index (χ3n) is 2.61. The molecule has 1 unspecified atom stereocenters. The van der Waals surface area contributed by atoms with E-state index in [0.717, 1.165) is 5.56 Å². The first-order valence-corrected chi connectivity index (χ1v) is 5.69. The summed E-state index contributed by atoms with van der Waals surface area (Å²) in [6, 6.07) is 4.14. The third kappa shape index (κ3) is 2.60. The highest BCUT2D eigenvalue weighted by Gasteiger charge is 2.15. The minimum Gasteiger partial charge on any atom is -0.504 e. The number of rotatable bonds is 4. The summed E-state index contributed by atoms with van der Waals surface area (Å²) >= 11 is 0. The number of benzene rings is 1. The lowest BCUT2D eigenvalue weighted by atomic mass is 10.1. The van der Waals surface area contributed by atoms with Crippen molar-refractivity contribution in [3.63, 3.8) is 0 Å². The van der Waals surface area contributed by atoms with Crippen molar-refractivity contribution in [3.8, 4) is 11.5 Å². The fourth-order valence-corrected chi connectivity index (χ4v) is 1.60. The van der Waals surface area contributed by atoms with Crippen LogP contribution in [0.15, 0.2) is 22.7 Å². The van der Waals surface area contributed by atoms with Crippen molar-refractivity contribution in [2.24, 2.45) is 5.73 Å². The van der Waals surface area contributed by atoms with Gasteiger partial charge in [-0.3, -0.25) is 0 Å². The van der Waals surface area contributed by atoms with Crippen LogP contribution in [0.5, 0.6) is 11.5 Å². The van der Waals surface area contributed by atoms with Gasteiger partial charge in [0.25, 0.3) is 0 Å². The third-order valence-corrected chi connectivity index (χ3v) is 2.61. The second-order valence-electron chi connectivity index (χ2n) is 4.04. The number of nitrogens with zero attached hydrogens (tertiary/aromatic N) is 2. The molecule has 0 aliphatic carbocycles. The van der Waals surface area contributed by atoms with E-state index in [1.165, 1.54) is 12.1 Å². The molecule has 2 rings (SSSR count). The first-order chi connectivity index (χ1) is 8.60. The van der Waals surface area contributed by atoms with Crippen LogP contribution in [0, 0.1) is 0 Å². The van der Waals surface area contributed by atoms with Crippen molar-refractivity contribution in [3.05, 3.63) is 35.5 Å². The molecule has 6 heteroatoms. The lowest BCUT2D eigenvalue weighted by Gasteiger charge is -2.07. The van der Waals surface area contributed by atoms with Crippen LogP contribution in [-0.2, 0) is 12.8 Å². The molecule has 0 fully saturated rings. The normalized spacial score (nSPS) is 12.6. The molecule has 0 saturated heterocycles. The Morgan fingerprint density at radius 2 is 2.11 bits per heavy atom. The van der Waals surface area contributed by atoms with Crippen LogP contribution >= 0.6 is 0 Å². The van der Waals surface area contributed by atoms with Gasteiger partial charge in [0.05, 0.1) is 6.04 Å². The molecule has 0 aliphatic rings. The van der Waals surface area contributed by atoms with Crippen LogP contribution in [0.1, 0.15) is 30.2 Å². The smallest absolute Gasteiger partial charge is 0.243 e. The number of phenols is 2. The molecule has 0 saturated carbocycles. The second-order valence-corrected chi connectivity index (χ2v) is 4.04. The average Bonchev–Trinajstić information content (AvgIpc) is 2.82. The molecular formula is C12H15N3O3. The molecular weight excluding hydrogens is 234 g/mol. The van der Waals surface area contributed by atoms with Crippen LogP contribution in [0.25, 0.3) is 0 Å². The summed E-state index contributed by atoms with van der Waals surface area (Å²) in [6.07, 6.45) is 1.13. The average molecular weight is 249 g/mol. The number of aryl methyl sites for hydroxylation is 1. The van der Waals surface area contributed by atoms with Gasteiger partial charge in [-0.05, 0) is 24.1 Å². The predicted octanol–water partition coefficient (Wildman–Crippen LogP) is 1.29. The van der Waals surface area contributed by atoms with Gasteiger partial charge in [0.1, 0.15) is 0 Å². The Labute approximate surface area is 104 Å². The van der Waals surface area contributed by atoms with Crippen molar-refractivity contribution in [2.45, 2.75) is 25.8 Å². The molecule has 1 atom stereocenters. The van der Waals surface area contributed by atoms with Crippen LogP contribution < -0.4 is 5.73 Å². The SMILES string of the molecule is CCc1noc(C(N)Cc2ccc(O)c(O)c2)n1. The van der Waals surface area contributed by atoms with Gasteiger partial charge in [0.2, 0.25) is 5.89 Å². The molecule has 4 N–H and O–H groups in total. The number of hydrogen-bond acceptors (Lipinski definition) is 6. The van der Waals surface area contributed by atoms with E-state index in [1.54, 1.807) is 6.07 Å². The van der Waals surface area contributed by atoms with Crippen LogP contribution in [0.4, 0.5) is 0 Å². The largest absolute Gasteiger partial charge is 0.504 e. The van der Waals surface area contributed by atoms with E-state index in [4.69, 9.17) is 10.3 Å². The first kappa shape index (κ1) is 12.4. The lowest BCUT2D eigenvalue weighted by Crippen LogP contribution is -2.13. The number of aromatic nitrogens is 2. The molecule has 0 spiro atoms. The molecule has 0 aliphatic heterocycles.